The molecule has 0 N–H and O–H groups in total. The van der Waals surface area contributed by atoms with Gasteiger partial charge in [0.2, 0.25) is 10.0 Å². The molecule has 0 unspecified atom stereocenters. The number of aryl methyl sites for hydroxylation is 1. The molecule has 0 bridgehead atoms. The van der Waals surface area contributed by atoms with Gasteiger partial charge in [0.15, 0.2) is 0 Å². The summed E-state index contributed by atoms with van der Waals surface area (Å²) in [5.41, 5.74) is 3.29. The molecule has 1 heterocycles. The maximum atomic E-state index is 13.0. The molecular formula is C21H28N2O3S. The number of nitrogens with zero attached hydrogens (tertiary/aromatic N) is 2. The van der Waals surface area contributed by atoms with Gasteiger partial charge < -0.3 is 9.64 Å². The van der Waals surface area contributed by atoms with E-state index >= 15 is 0 Å². The van der Waals surface area contributed by atoms with Crippen molar-refractivity contribution in [3.8, 4) is 5.75 Å². The number of anilines is 1. The van der Waals surface area contributed by atoms with Gasteiger partial charge in [0.05, 0.1) is 12.0 Å². The summed E-state index contributed by atoms with van der Waals surface area (Å²) in [4.78, 5) is 2.57. The fourth-order valence-corrected chi connectivity index (χ4v) is 4.93. The summed E-state index contributed by atoms with van der Waals surface area (Å²) in [6.45, 7) is 8.57. The Bertz CT molecular complexity index is 884. The fraction of sp³-hybridized carbons (Fsp3) is 0.429. The van der Waals surface area contributed by atoms with Crippen LogP contribution in [0.15, 0.2) is 47.4 Å². The van der Waals surface area contributed by atoms with E-state index in [1.54, 1.807) is 29.6 Å². The molecular weight excluding hydrogens is 360 g/mol. The Morgan fingerprint density at radius 1 is 0.963 bits per heavy atom. The van der Waals surface area contributed by atoms with Crippen molar-refractivity contribution >= 4 is 15.7 Å². The molecule has 0 spiro atoms. The molecule has 2 aromatic carbocycles. The Balaban J connectivity index is 1.70. The second-order valence-electron chi connectivity index (χ2n) is 7.27. The molecule has 1 fully saturated rings. The average molecular weight is 389 g/mol. The first kappa shape index (κ1) is 19.7. The predicted molar refractivity (Wildman–Crippen MR) is 109 cm³/mol. The number of piperazine rings is 1. The van der Waals surface area contributed by atoms with Crippen LogP contribution >= 0.6 is 0 Å². The molecule has 0 aliphatic carbocycles. The average Bonchev–Trinajstić information content (AvgIpc) is 2.68. The smallest absolute Gasteiger partial charge is 0.243 e. The molecule has 0 saturated carbocycles. The molecule has 27 heavy (non-hydrogen) atoms. The first-order valence-electron chi connectivity index (χ1n) is 9.32. The standard InChI is InChI=1S/C21H28N2O3S/c1-16(2)18-5-7-19(8-6-18)22-11-13-23(14-12-22)27(24,25)20-9-10-21(26-4)17(3)15-20/h5-10,15-16H,11-14H2,1-4H3. The van der Waals surface area contributed by atoms with Gasteiger partial charge in [-0.2, -0.15) is 4.31 Å². The Kier molecular flexibility index (Phi) is 5.77. The molecule has 0 radical (unpaired) electrons. The van der Waals surface area contributed by atoms with Crippen LogP contribution in [0.4, 0.5) is 5.69 Å². The minimum atomic E-state index is -3.48. The maximum Gasteiger partial charge on any atom is 0.243 e. The van der Waals surface area contributed by atoms with E-state index in [1.807, 2.05) is 6.92 Å². The number of rotatable bonds is 5. The number of methoxy groups -OCH3 is 1. The van der Waals surface area contributed by atoms with Gasteiger partial charge in [-0.25, -0.2) is 8.42 Å². The van der Waals surface area contributed by atoms with Gasteiger partial charge in [-0.3, -0.25) is 0 Å². The first-order chi connectivity index (χ1) is 12.8. The zero-order valence-electron chi connectivity index (χ0n) is 16.5. The van der Waals surface area contributed by atoms with Crippen LogP contribution in [0.3, 0.4) is 0 Å². The molecule has 1 saturated heterocycles. The summed E-state index contributed by atoms with van der Waals surface area (Å²) >= 11 is 0. The van der Waals surface area contributed by atoms with E-state index in [0.29, 0.717) is 42.7 Å². The minimum absolute atomic E-state index is 0.329. The zero-order chi connectivity index (χ0) is 19.6. The summed E-state index contributed by atoms with van der Waals surface area (Å²) in [5.74, 6) is 1.21. The van der Waals surface area contributed by atoms with E-state index in [2.05, 4.69) is 43.0 Å². The summed E-state index contributed by atoms with van der Waals surface area (Å²) in [6, 6.07) is 13.6. The highest BCUT2D eigenvalue weighted by molar-refractivity contribution is 7.89. The van der Waals surface area contributed by atoms with Crippen LogP contribution in [0, 0.1) is 6.92 Å². The molecule has 5 nitrogen and oxygen atoms in total. The highest BCUT2D eigenvalue weighted by atomic mass is 32.2. The van der Waals surface area contributed by atoms with Crippen LogP contribution in [-0.2, 0) is 10.0 Å². The van der Waals surface area contributed by atoms with Crippen molar-refractivity contribution in [3.05, 3.63) is 53.6 Å². The molecule has 146 valence electrons. The highest BCUT2D eigenvalue weighted by Crippen LogP contribution is 2.26. The minimum Gasteiger partial charge on any atom is -0.496 e. The van der Waals surface area contributed by atoms with Crippen molar-refractivity contribution in [2.75, 3.05) is 38.2 Å². The molecule has 3 rings (SSSR count). The van der Waals surface area contributed by atoms with Crippen molar-refractivity contribution in [2.24, 2.45) is 0 Å². The lowest BCUT2D eigenvalue weighted by molar-refractivity contribution is 0.384. The fourth-order valence-electron chi connectivity index (χ4n) is 3.42. The topological polar surface area (TPSA) is 49.9 Å². The molecule has 0 atom stereocenters. The van der Waals surface area contributed by atoms with Crippen molar-refractivity contribution in [2.45, 2.75) is 31.6 Å². The van der Waals surface area contributed by atoms with Crippen LogP contribution in [0.5, 0.6) is 5.75 Å². The molecule has 0 aromatic heterocycles. The summed E-state index contributed by atoms with van der Waals surface area (Å²) in [7, 11) is -1.90. The van der Waals surface area contributed by atoms with Crippen molar-refractivity contribution in [3.63, 3.8) is 0 Å². The molecule has 0 amide bonds. The predicted octanol–water partition coefficient (Wildman–Crippen LogP) is 3.64. The normalized spacial score (nSPS) is 16.0. The van der Waals surface area contributed by atoms with E-state index in [0.717, 1.165) is 11.3 Å². The monoisotopic (exact) mass is 388 g/mol. The SMILES string of the molecule is COc1ccc(S(=O)(=O)N2CCN(c3ccc(C(C)C)cc3)CC2)cc1C. The van der Waals surface area contributed by atoms with Gasteiger partial charge in [0.1, 0.15) is 5.75 Å². The van der Waals surface area contributed by atoms with E-state index in [9.17, 15) is 8.42 Å². The third kappa shape index (κ3) is 4.12. The summed E-state index contributed by atoms with van der Waals surface area (Å²) < 4.78 is 32.7. The summed E-state index contributed by atoms with van der Waals surface area (Å²) in [6.07, 6.45) is 0. The van der Waals surface area contributed by atoms with Gasteiger partial charge in [0, 0.05) is 31.9 Å². The second-order valence-corrected chi connectivity index (χ2v) is 9.21. The third-order valence-electron chi connectivity index (χ3n) is 5.17. The lowest BCUT2D eigenvalue weighted by Crippen LogP contribution is -2.48. The van der Waals surface area contributed by atoms with E-state index < -0.39 is 10.0 Å². The Morgan fingerprint density at radius 2 is 1.59 bits per heavy atom. The maximum absolute atomic E-state index is 13.0. The van der Waals surface area contributed by atoms with Crippen LogP contribution in [0.25, 0.3) is 0 Å². The van der Waals surface area contributed by atoms with Crippen LogP contribution in [0.2, 0.25) is 0 Å². The summed E-state index contributed by atoms with van der Waals surface area (Å²) in [5, 5.41) is 0. The zero-order valence-corrected chi connectivity index (χ0v) is 17.3. The number of hydrogen-bond acceptors (Lipinski definition) is 4. The van der Waals surface area contributed by atoms with Crippen LogP contribution in [-0.4, -0.2) is 46.0 Å². The van der Waals surface area contributed by atoms with Crippen molar-refractivity contribution < 1.29 is 13.2 Å². The second kappa shape index (κ2) is 7.90. The lowest BCUT2D eigenvalue weighted by atomic mass is 10.0. The van der Waals surface area contributed by atoms with E-state index in [1.165, 1.54) is 5.56 Å². The molecule has 1 aliphatic rings. The third-order valence-corrected chi connectivity index (χ3v) is 7.06. The molecule has 2 aromatic rings. The van der Waals surface area contributed by atoms with E-state index in [-0.39, 0.29) is 0 Å². The number of hydrogen-bond donors (Lipinski definition) is 0. The lowest BCUT2D eigenvalue weighted by Gasteiger charge is -2.35. The van der Waals surface area contributed by atoms with Crippen LogP contribution in [0.1, 0.15) is 30.9 Å². The van der Waals surface area contributed by atoms with E-state index in [4.69, 9.17) is 4.74 Å². The van der Waals surface area contributed by atoms with Gasteiger partial charge >= 0.3 is 0 Å². The Morgan fingerprint density at radius 3 is 2.11 bits per heavy atom. The number of sulfonamides is 1. The van der Waals surface area contributed by atoms with Gasteiger partial charge in [0.25, 0.3) is 0 Å². The number of ether oxygens (including phenoxy) is 1. The Hall–Kier alpha value is -2.05. The first-order valence-corrected chi connectivity index (χ1v) is 10.8. The van der Waals surface area contributed by atoms with Gasteiger partial charge in [-0.05, 0) is 54.3 Å². The Labute approximate surface area is 162 Å². The van der Waals surface area contributed by atoms with Gasteiger partial charge in [-0.15, -0.1) is 0 Å². The van der Waals surface area contributed by atoms with Crippen molar-refractivity contribution in [1.29, 1.82) is 0 Å². The molecule has 6 heteroatoms. The highest BCUT2D eigenvalue weighted by Gasteiger charge is 2.29. The molecule has 1 aliphatic heterocycles. The van der Waals surface area contributed by atoms with Crippen molar-refractivity contribution in [1.82, 2.24) is 4.31 Å². The van der Waals surface area contributed by atoms with Crippen LogP contribution < -0.4 is 9.64 Å². The largest absolute Gasteiger partial charge is 0.496 e. The van der Waals surface area contributed by atoms with Gasteiger partial charge in [-0.1, -0.05) is 26.0 Å². The quantitative estimate of drug-likeness (QED) is 0.785. The number of benzene rings is 2.